The van der Waals surface area contributed by atoms with E-state index in [0.29, 0.717) is 12.8 Å². The quantitative estimate of drug-likeness (QED) is 0.0362. The fraction of sp³-hybridized carbons (Fsp3) is 0.877. The first-order valence-electron chi connectivity index (χ1n) is 27.8. The van der Waals surface area contributed by atoms with E-state index in [1.54, 1.807) is 0 Å². The van der Waals surface area contributed by atoms with Gasteiger partial charge in [0.2, 0.25) is 5.91 Å². The van der Waals surface area contributed by atoms with Crippen molar-refractivity contribution in [3.05, 3.63) is 36.5 Å². The van der Waals surface area contributed by atoms with Gasteiger partial charge in [-0.1, -0.05) is 256 Å². The van der Waals surface area contributed by atoms with Crippen molar-refractivity contribution >= 4 is 5.91 Å². The lowest BCUT2D eigenvalue weighted by atomic mass is 10.0. The molecule has 3 atom stereocenters. The van der Waals surface area contributed by atoms with Crippen molar-refractivity contribution in [1.29, 1.82) is 0 Å². The fourth-order valence-corrected chi connectivity index (χ4v) is 8.67. The van der Waals surface area contributed by atoms with Gasteiger partial charge in [0.1, 0.15) is 6.10 Å². The maximum Gasteiger partial charge on any atom is 0.220 e. The van der Waals surface area contributed by atoms with Crippen LogP contribution in [0.4, 0.5) is 0 Å². The molecule has 0 aromatic rings. The third-order valence-corrected chi connectivity index (χ3v) is 13.0. The Morgan fingerprint density at radius 3 is 1.03 bits per heavy atom. The SMILES string of the molecule is CCCCCCCCCC/C=C/CCCC(O)C(O)C(CO)NC(=O)CCCCCCCCCCCCCCCCCCC/C=C\C/C=C\CCCCCCCCCCCCC. The van der Waals surface area contributed by atoms with Gasteiger partial charge in [-0.3, -0.25) is 4.79 Å². The number of allylic oxidation sites excluding steroid dienone is 6. The van der Waals surface area contributed by atoms with Crippen LogP contribution in [0.2, 0.25) is 0 Å². The standard InChI is InChI=1S/C57H109NO4/c1-3-5-7-9-11-13-15-17-18-19-20-21-22-23-24-25-26-27-28-29-30-31-32-33-34-35-36-37-38-40-42-44-46-48-50-52-56(61)58-54(53-59)57(62)55(60)51-49-47-45-43-41-39-16-14-12-10-8-6-4-2/h22-23,25-26,43,45,54-55,57,59-60,62H,3-21,24,27-42,44,46-53H2,1-2H3,(H,58,61)/b23-22-,26-25-,45-43+. The lowest BCUT2D eigenvalue weighted by Gasteiger charge is -2.26. The van der Waals surface area contributed by atoms with Crippen molar-refractivity contribution in [1.82, 2.24) is 5.32 Å². The monoisotopic (exact) mass is 872 g/mol. The number of amides is 1. The fourth-order valence-electron chi connectivity index (χ4n) is 8.67. The van der Waals surface area contributed by atoms with Crippen LogP contribution in [0.5, 0.6) is 0 Å². The number of nitrogens with one attached hydrogen (secondary N) is 1. The molecule has 1 amide bonds. The second-order valence-electron chi connectivity index (χ2n) is 19.1. The first kappa shape index (κ1) is 60.6. The van der Waals surface area contributed by atoms with Gasteiger partial charge in [0, 0.05) is 6.42 Å². The molecule has 0 heterocycles. The van der Waals surface area contributed by atoms with E-state index in [2.05, 4.69) is 55.6 Å². The molecule has 0 saturated carbocycles. The van der Waals surface area contributed by atoms with E-state index in [0.717, 1.165) is 44.9 Å². The van der Waals surface area contributed by atoms with Crippen molar-refractivity contribution in [2.45, 2.75) is 315 Å². The van der Waals surface area contributed by atoms with Gasteiger partial charge in [0.25, 0.3) is 0 Å². The lowest BCUT2D eigenvalue weighted by Crippen LogP contribution is -2.50. The summed E-state index contributed by atoms with van der Waals surface area (Å²) in [6.07, 6.45) is 67.4. The first-order valence-corrected chi connectivity index (χ1v) is 27.8. The van der Waals surface area contributed by atoms with E-state index in [-0.39, 0.29) is 12.5 Å². The van der Waals surface area contributed by atoms with E-state index >= 15 is 0 Å². The minimum Gasteiger partial charge on any atom is -0.394 e. The third kappa shape index (κ3) is 46.6. The normalized spacial score (nSPS) is 13.6. The molecule has 4 N–H and O–H groups in total. The number of unbranched alkanes of at least 4 members (excludes halogenated alkanes) is 37. The van der Waals surface area contributed by atoms with E-state index in [9.17, 15) is 20.1 Å². The molecule has 0 spiro atoms. The Morgan fingerprint density at radius 1 is 0.403 bits per heavy atom. The molecule has 0 bridgehead atoms. The zero-order chi connectivity index (χ0) is 45.1. The average Bonchev–Trinajstić information content (AvgIpc) is 3.28. The molecule has 0 radical (unpaired) electrons. The van der Waals surface area contributed by atoms with E-state index in [1.807, 2.05) is 0 Å². The molecule has 0 aromatic heterocycles. The van der Waals surface area contributed by atoms with Gasteiger partial charge in [-0.05, 0) is 70.6 Å². The summed E-state index contributed by atoms with van der Waals surface area (Å²) in [6.45, 7) is 4.18. The van der Waals surface area contributed by atoms with Crippen LogP contribution in [0.15, 0.2) is 36.5 Å². The lowest BCUT2D eigenvalue weighted by molar-refractivity contribution is -0.124. The molecular weight excluding hydrogens is 763 g/mol. The van der Waals surface area contributed by atoms with Gasteiger partial charge in [-0.25, -0.2) is 0 Å². The summed E-state index contributed by atoms with van der Waals surface area (Å²) in [5.74, 6) is -0.152. The van der Waals surface area contributed by atoms with Crippen LogP contribution in [-0.4, -0.2) is 46.1 Å². The molecule has 5 heteroatoms. The van der Waals surface area contributed by atoms with E-state index in [4.69, 9.17) is 0 Å². The molecule has 62 heavy (non-hydrogen) atoms. The molecule has 5 nitrogen and oxygen atoms in total. The highest BCUT2D eigenvalue weighted by atomic mass is 16.3. The zero-order valence-electron chi connectivity index (χ0n) is 41.8. The number of aliphatic hydroxyl groups is 3. The summed E-state index contributed by atoms with van der Waals surface area (Å²) >= 11 is 0. The van der Waals surface area contributed by atoms with Crippen molar-refractivity contribution < 1.29 is 20.1 Å². The number of carbonyl (C=O) groups excluding carboxylic acids is 1. The molecule has 0 aliphatic heterocycles. The summed E-state index contributed by atoms with van der Waals surface area (Å²) < 4.78 is 0. The molecular formula is C57H109NO4. The van der Waals surface area contributed by atoms with Gasteiger partial charge in [-0.15, -0.1) is 0 Å². The van der Waals surface area contributed by atoms with Gasteiger partial charge in [-0.2, -0.15) is 0 Å². The summed E-state index contributed by atoms with van der Waals surface area (Å²) in [5, 5.41) is 33.6. The third-order valence-electron chi connectivity index (χ3n) is 13.0. The molecule has 0 aliphatic carbocycles. The minimum absolute atomic E-state index is 0.152. The Labute approximate surface area is 387 Å². The zero-order valence-corrected chi connectivity index (χ0v) is 41.8. The highest BCUT2D eigenvalue weighted by Gasteiger charge is 2.26. The highest BCUT2D eigenvalue weighted by molar-refractivity contribution is 5.76. The summed E-state index contributed by atoms with van der Waals surface area (Å²) in [6, 6.07) is -0.825. The maximum absolute atomic E-state index is 12.5. The van der Waals surface area contributed by atoms with Gasteiger partial charge in [0.05, 0.1) is 18.8 Å². The van der Waals surface area contributed by atoms with Crippen molar-refractivity contribution in [3.63, 3.8) is 0 Å². The Morgan fingerprint density at radius 2 is 0.694 bits per heavy atom. The number of carbonyl (C=O) groups is 1. The number of aliphatic hydroxyl groups excluding tert-OH is 3. The van der Waals surface area contributed by atoms with Gasteiger partial charge < -0.3 is 20.6 Å². The van der Waals surface area contributed by atoms with Gasteiger partial charge in [0.15, 0.2) is 0 Å². The highest BCUT2D eigenvalue weighted by Crippen LogP contribution is 2.17. The topological polar surface area (TPSA) is 89.8 Å². The second-order valence-corrected chi connectivity index (χ2v) is 19.1. The van der Waals surface area contributed by atoms with Crippen LogP contribution < -0.4 is 5.32 Å². The molecule has 366 valence electrons. The van der Waals surface area contributed by atoms with Gasteiger partial charge >= 0.3 is 0 Å². The van der Waals surface area contributed by atoms with Crippen LogP contribution in [0.1, 0.15) is 296 Å². The van der Waals surface area contributed by atoms with Crippen LogP contribution in [0.3, 0.4) is 0 Å². The average molecular weight is 873 g/mol. The van der Waals surface area contributed by atoms with E-state index in [1.165, 1.54) is 225 Å². The molecule has 0 fully saturated rings. The number of rotatable bonds is 51. The largest absolute Gasteiger partial charge is 0.394 e. The van der Waals surface area contributed by atoms with Crippen LogP contribution >= 0.6 is 0 Å². The summed E-state index contributed by atoms with van der Waals surface area (Å²) in [5.41, 5.74) is 0. The molecule has 0 rings (SSSR count). The Hall–Kier alpha value is -1.43. The first-order chi connectivity index (χ1) is 30.6. The number of hydrogen-bond donors (Lipinski definition) is 4. The molecule has 0 aromatic carbocycles. The Kier molecular flexibility index (Phi) is 51.0. The predicted molar refractivity (Wildman–Crippen MR) is 273 cm³/mol. The molecule has 0 aliphatic rings. The Bertz CT molecular complexity index is 962. The smallest absolute Gasteiger partial charge is 0.220 e. The number of hydrogen-bond acceptors (Lipinski definition) is 4. The maximum atomic E-state index is 12.5. The van der Waals surface area contributed by atoms with E-state index < -0.39 is 18.2 Å². The summed E-state index contributed by atoms with van der Waals surface area (Å²) in [7, 11) is 0. The van der Waals surface area contributed by atoms with Crippen LogP contribution in [0, 0.1) is 0 Å². The van der Waals surface area contributed by atoms with Crippen molar-refractivity contribution in [3.8, 4) is 0 Å². The van der Waals surface area contributed by atoms with Crippen molar-refractivity contribution in [2.75, 3.05) is 6.61 Å². The molecule has 3 unspecified atom stereocenters. The van der Waals surface area contributed by atoms with Crippen molar-refractivity contribution in [2.24, 2.45) is 0 Å². The molecule has 0 saturated heterocycles. The predicted octanol–water partition coefficient (Wildman–Crippen LogP) is 17.1. The van der Waals surface area contributed by atoms with Crippen LogP contribution in [-0.2, 0) is 4.79 Å². The Balaban J connectivity index is 3.49. The second kappa shape index (κ2) is 52.2. The minimum atomic E-state index is -1.16. The van der Waals surface area contributed by atoms with Crippen LogP contribution in [0.25, 0.3) is 0 Å². The summed E-state index contributed by atoms with van der Waals surface area (Å²) in [4.78, 5) is 12.5.